The number of piperidine rings is 1. The monoisotopic (exact) mass is 299 g/mol. The smallest absolute Gasteiger partial charge is 0.306 e. The zero-order chi connectivity index (χ0) is 15.5. The number of aromatic nitrogens is 2. The number of H-pyrrole nitrogens is 1. The van der Waals surface area contributed by atoms with E-state index in [-0.39, 0.29) is 5.92 Å². The first kappa shape index (κ1) is 14.6. The van der Waals surface area contributed by atoms with Crippen molar-refractivity contribution in [2.75, 3.05) is 18.0 Å². The number of rotatable bonds is 4. The first-order chi connectivity index (χ1) is 10.7. The fourth-order valence-corrected chi connectivity index (χ4v) is 2.90. The van der Waals surface area contributed by atoms with Gasteiger partial charge in [-0.2, -0.15) is 5.10 Å². The average Bonchev–Trinajstić information content (AvgIpc) is 3.05. The maximum atomic E-state index is 11.0. The van der Waals surface area contributed by atoms with Crippen molar-refractivity contribution in [3.63, 3.8) is 0 Å². The molecule has 0 radical (unpaired) electrons. The Bertz CT molecular complexity index is 640. The highest BCUT2D eigenvalue weighted by Gasteiger charge is 2.25. The van der Waals surface area contributed by atoms with Gasteiger partial charge in [0.15, 0.2) is 5.82 Å². The summed E-state index contributed by atoms with van der Waals surface area (Å²) in [5, 5.41) is 16.5. The highest BCUT2D eigenvalue weighted by molar-refractivity contribution is 5.70. The number of benzene rings is 1. The number of carboxylic acid groups (broad SMARTS) is 1. The van der Waals surface area contributed by atoms with Gasteiger partial charge in [-0.15, -0.1) is 0 Å². The van der Waals surface area contributed by atoms with Gasteiger partial charge in [-0.3, -0.25) is 9.89 Å². The standard InChI is InChI=1S/C17H21N3O2/c1-2-12-3-5-13(6-4-12)15-11-16(19-18-15)20-9-7-14(8-10-20)17(21)22/h3-6,11,14H,2,7-10H2,1H3,(H,18,19)(H,21,22). The van der Waals surface area contributed by atoms with E-state index in [0.717, 1.165) is 36.6 Å². The van der Waals surface area contributed by atoms with Crippen LogP contribution >= 0.6 is 0 Å². The first-order valence-electron chi connectivity index (χ1n) is 7.80. The zero-order valence-electron chi connectivity index (χ0n) is 12.7. The molecule has 0 spiro atoms. The lowest BCUT2D eigenvalue weighted by molar-refractivity contribution is -0.142. The van der Waals surface area contributed by atoms with Crippen LogP contribution in [0.15, 0.2) is 30.3 Å². The fourth-order valence-electron chi connectivity index (χ4n) is 2.90. The van der Waals surface area contributed by atoms with E-state index in [0.29, 0.717) is 12.8 Å². The van der Waals surface area contributed by atoms with Crippen molar-refractivity contribution in [2.45, 2.75) is 26.2 Å². The van der Waals surface area contributed by atoms with Crippen molar-refractivity contribution in [1.29, 1.82) is 0 Å². The highest BCUT2D eigenvalue weighted by atomic mass is 16.4. The molecule has 22 heavy (non-hydrogen) atoms. The summed E-state index contributed by atoms with van der Waals surface area (Å²) in [7, 11) is 0. The third-order valence-corrected chi connectivity index (χ3v) is 4.41. The lowest BCUT2D eigenvalue weighted by atomic mass is 9.97. The summed E-state index contributed by atoms with van der Waals surface area (Å²) in [4.78, 5) is 13.2. The summed E-state index contributed by atoms with van der Waals surface area (Å²) in [6, 6.07) is 10.5. The van der Waals surface area contributed by atoms with Crippen molar-refractivity contribution in [1.82, 2.24) is 10.2 Å². The van der Waals surface area contributed by atoms with E-state index in [1.165, 1.54) is 5.56 Å². The van der Waals surface area contributed by atoms with Crippen LogP contribution in [0.2, 0.25) is 0 Å². The SMILES string of the molecule is CCc1ccc(-c2cc(N3CCC(C(=O)O)CC3)n[nH]2)cc1. The molecule has 1 aromatic heterocycles. The summed E-state index contributed by atoms with van der Waals surface area (Å²) >= 11 is 0. The summed E-state index contributed by atoms with van der Waals surface area (Å²) < 4.78 is 0. The molecule has 0 amide bonds. The molecule has 5 heteroatoms. The topological polar surface area (TPSA) is 69.2 Å². The van der Waals surface area contributed by atoms with Crippen molar-refractivity contribution in [3.8, 4) is 11.3 Å². The van der Waals surface area contributed by atoms with Crippen molar-refractivity contribution >= 4 is 11.8 Å². The molecule has 0 bridgehead atoms. The van der Waals surface area contributed by atoms with Crippen LogP contribution in [-0.4, -0.2) is 34.4 Å². The van der Waals surface area contributed by atoms with E-state index in [1.807, 2.05) is 6.07 Å². The minimum absolute atomic E-state index is 0.212. The number of hydrogen-bond acceptors (Lipinski definition) is 3. The molecule has 0 aliphatic carbocycles. The third kappa shape index (κ3) is 2.98. The molecule has 1 aliphatic rings. The first-order valence-corrected chi connectivity index (χ1v) is 7.80. The van der Waals surface area contributed by atoms with Crippen molar-refractivity contribution < 1.29 is 9.90 Å². The Kier molecular flexibility index (Phi) is 4.13. The van der Waals surface area contributed by atoms with Crippen LogP contribution < -0.4 is 4.90 Å². The van der Waals surface area contributed by atoms with Crippen LogP contribution in [0.25, 0.3) is 11.3 Å². The number of aromatic amines is 1. The Morgan fingerprint density at radius 1 is 1.32 bits per heavy atom. The Balaban J connectivity index is 1.70. The van der Waals surface area contributed by atoms with Gasteiger partial charge in [0.1, 0.15) is 0 Å². The van der Waals surface area contributed by atoms with Gasteiger partial charge in [-0.25, -0.2) is 0 Å². The molecule has 2 heterocycles. The number of nitrogens with one attached hydrogen (secondary N) is 1. The van der Waals surface area contributed by atoms with Gasteiger partial charge in [0, 0.05) is 19.2 Å². The quantitative estimate of drug-likeness (QED) is 0.910. The van der Waals surface area contributed by atoms with E-state index in [2.05, 4.69) is 46.3 Å². The third-order valence-electron chi connectivity index (χ3n) is 4.41. The highest BCUT2D eigenvalue weighted by Crippen LogP contribution is 2.26. The molecule has 1 aromatic carbocycles. The second-order valence-corrected chi connectivity index (χ2v) is 5.79. The van der Waals surface area contributed by atoms with Crippen LogP contribution in [0.4, 0.5) is 5.82 Å². The molecule has 0 saturated carbocycles. The van der Waals surface area contributed by atoms with E-state index >= 15 is 0 Å². The molecule has 2 N–H and O–H groups in total. The maximum Gasteiger partial charge on any atom is 0.306 e. The number of carbonyl (C=O) groups is 1. The molecular weight excluding hydrogens is 278 g/mol. The largest absolute Gasteiger partial charge is 0.481 e. The second-order valence-electron chi connectivity index (χ2n) is 5.79. The number of nitrogens with zero attached hydrogens (tertiary/aromatic N) is 2. The summed E-state index contributed by atoms with van der Waals surface area (Å²) in [5.74, 6) is 0.00744. The number of aliphatic carboxylic acids is 1. The predicted octanol–water partition coefficient (Wildman–Crippen LogP) is 2.94. The predicted molar refractivity (Wildman–Crippen MR) is 86.0 cm³/mol. The van der Waals surface area contributed by atoms with Crippen molar-refractivity contribution in [3.05, 3.63) is 35.9 Å². The number of carboxylic acids is 1. The van der Waals surface area contributed by atoms with Crippen LogP contribution in [0, 0.1) is 5.92 Å². The summed E-state index contributed by atoms with van der Waals surface area (Å²) in [6.45, 7) is 3.64. The molecule has 0 atom stereocenters. The Morgan fingerprint density at radius 3 is 2.59 bits per heavy atom. The molecule has 0 unspecified atom stereocenters. The molecule has 5 nitrogen and oxygen atoms in total. The van der Waals surface area contributed by atoms with Gasteiger partial charge in [0.2, 0.25) is 0 Å². The summed E-state index contributed by atoms with van der Waals surface area (Å²) in [5.41, 5.74) is 3.44. The van der Waals surface area contributed by atoms with Gasteiger partial charge < -0.3 is 10.0 Å². The number of hydrogen-bond donors (Lipinski definition) is 2. The zero-order valence-corrected chi connectivity index (χ0v) is 12.7. The van der Waals surface area contributed by atoms with Crippen LogP contribution in [0.1, 0.15) is 25.3 Å². The molecule has 2 aromatic rings. The second kappa shape index (κ2) is 6.22. The summed E-state index contributed by atoms with van der Waals surface area (Å²) in [6.07, 6.45) is 2.40. The Labute approximate surface area is 130 Å². The minimum atomic E-state index is -0.682. The number of aryl methyl sites for hydroxylation is 1. The molecular formula is C17H21N3O2. The molecule has 116 valence electrons. The van der Waals surface area contributed by atoms with E-state index in [1.54, 1.807) is 0 Å². The minimum Gasteiger partial charge on any atom is -0.481 e. The van der Waals surface area contributed by atoms with Crippen LogP contribution in [-0.2, 0) is 11.2 Å². The van der Waals surface area contributed by atoms with Gasteiger partial charge >= 0.3 is 5.97 Å². The van der Waals surface area contributed by atoms with Crippen LogP contribution in [0.5, 0.6) is 0 Å². The normalized spacial score (nSPS) is 16.0. The molecule has 1 aliphatic heterocycles. The van der Waals surface area contributed by atoms with E-state index in [4.69, 9.17) is 5.11 Å². The Morgan fingerprint density at radius 2 is 2.00 bits per heavy atom. The lowest BCUT2D eigenvalue weighted by Gasteiger charge is -2.29. The number of anilines is 1. The molecule has 3 rings (SSSR count). The van der Waals surface area contributed by atoms with Gasteiger partial charge in [0.05, 0.1) is 11.6 Å². The fraction of sp³-hybridized carbons (Fsp3) is 0.412. The molecule has 1 fully saturated rings. The lowest BCUT2D eigenvalue weighted by Crippen LogP contribution is -2.36. The van der Waals surface area contributed by atoms with E-state index < -0.39 is 5.97 Å². The van der Waals surface area contributed by atoms with Crippen molar-refractivity contribution in [2.24, 2.45) is 5.92 Å². The van der Waals surface area contributed by atoms with Gasteiger partial charge in [-0.1, -0.05) is 31.2 Å². The Hall–Kier alpha value is -2.30. The van der Waals surface area contributed by atoms with Crippen LogP contribution in [0.3, 0.4) is 0 Å². The van der Waals surface area contributed by atoms with Gasteiger partial charge in [0.25, 0.3) is 0 Å². The maximum absolute atomic E-state index is 11.0. The average molecular weight is 299 g/mol. The molecule has 1 saturated heterocycles. The van der Waals surface area contributed by atoms with E-state index in [9.17, 15) is 4.79 Å². The van der Waals surface area contributed by atoms with Gasteiger partial charge in [-0.05, 0) is 30.4 Å².